The van der Waals surface area contributed by atoms with E-state index in [2.05, 4.69) is 52.6 Å². The van der Waals surface area contributed by atoms with Crippen molar-refractivity contribution in [1.82, 2.24) is 24.7 Å². The van der Waals surface area contributed by atoms with Crippen molar-refractivity contribution in [3.8, 4) is 5.69 Å². The van der Waals surface area contributed by atoms with Crippen LogP contribution in [0.1, 0.15) is 46.7 Å². The number of hydrogen-bond donors (Lipinski definition) is 1. The first kappa shape index (κ1) is 25.2. The molecular formula is C28H34ClN5OS. The van der Waals surface area contributed by atoms with Crippen LogP contribution in [0.2, 0.25) is 5.02 Å². The van der Waals surface area contributed by atoms with Crippen molar-refractivity contribution in [1.29, 1.82) is 0 Å². The van der Waals surface area contributed by atoms with Gasteiger partial charge in [0.2, 0.25) is 0 Å². The van der Waals surface area contributed by atoms with Crippen LogP contribution in [0, 0.1) is 20.8 Å². The second-order valence-electron chi connectivity index (χ2n) is 9.65. The zero-order valence-electron chi connectivity index (χ0n) is 21.2. The molecule has 0 amide bonds. The third-order valence-corrected chi connectivity index (χ3v) is 8.13. The van der Waals surface area contributed by atoms with E-state index in [4.69, 9.17) is 33.5 Å². The third-order valence-electron chi connectivity index (χ3n) is 7.54. The Morgan fingerprint density at radius 2 is 1.86 bits per heavy atom. The van der Waals surface area contributed by atoms with Crippen LogP contribution in [0.25, 0.3) is 5.69 Å². The summed E-state index contributed by atoms with van der Waals surface area (Å²) in [5.41, 5.74) is 7.10. The van der Waals surface area contributed by atoms with E-state index in [9.17, 15) is 0 Å². The van der Waals surface area contributed by atoms with Crippen molar-refractivity contribution >= 4 is 28.9 Å². The van der Waals surface area contributed by atoms with Gasteiger partial charge in [-0.25, -0.2) is 0 Å². The summed E-state index contributed by atoms with van der Waals surface area (Å²) < 4.78 is 7.84. The summed E-state index contributed by atoms with van der Waals surface area (Å²) in [6, 6.07) is 14.2. The fourth-order valence-electron chi connectivity index (χ4n) is 5.69. The lowest BCUT2D eigenvalue weighted by atomic mass is 9.93. The van der Waals surface area contributed by atoms with Crippen LogP contribution < -0.4 is 5.32 Å². The van der Waals surface area contributed by atoms with E-state index in [1.807, 2.05) is 36.5 Å². The minimum atomic E-state index is -0.0194. The zero-order chi connectivity index (χ0) is 25.2. The number of morpholine rings is 1. The summed E-state index contributed by atoms with van der Waals surface area (Å²) in [6.45, 7) is 12.2. The average molecular weight is 524 g/mol. The van der Waals surface area contributed by atoms with Crippen LogP contribution in [0.4, 0.5) is 0 Å². The van der Waals surface area contributed by atoms with Gasteiger partial charge in [-0.3, -0.25) is 9.88 Å². The summed E-state index contributed by atoms with van der Waals surface area (Å²) in [6.07, 6.45) is 2.90. The van der Waals surface area contributed by atoms with Gasteiger partial charge in [0.05, 0.1) is 31.0 Å². The van der Waals surface area contributed by atoms with E-state index in [1.54, 1.807) is 0 Å². The van der Waals surface area contributed by atoms with E-state index in [0.717, 1.165) is 67.3 Å². The molecule has 2 atom stereocenters. The Hall–Kier alpha value is -2.45. The molecule has 36 heavy (non-hydrogen) atoms. The lowest BCUT2D eigenvalue weighted by Gasteiger charge is -2.31. The summed E-state index contributed by atoms with van der Waals surface area (Å²) in [5.74, 6) is 0. The normalized spacial score (nSPS) is 20.7. The maximum absolute atomic E-state index is 6.37. The zero-order valence-corrected chi connectivity index (χ0v) is 22.8. The molecule has 0 bridgehead atoms. The van der Waals surface area contributed by atoms with Crippen molar-refractivity contribution in [2.75, 3.05) is 39.4 Å². The largest absolute Gasteiger partial charge is 0.379 e. The fourth-order valence-corrected chi connectivity index (χ4v) is 6.21. The molecule has 0 aliphatic carbocycles. The van der Waals surface area contributed by atoms with E-state index in [-0.39, 0.29) is 12.1 Å². The number of pyridine rings is 1. The maximum atomic E-state index is 6.37. The monoisotopic (exact) mass is 523 g/mol. The number of benzene rings is 1. The Labute approximate surface area is 224 Å². The maximum Gasteiger partial charge on any atom is 0.170 e. The molecular weight excluding hydrogens is 490 g/mol. The number of thiocarbonyl (C=S) groups is 1. The Morgan fingerprint density at radius 1 is 1.06 bits per heavy atom. The average Bonchev–Trinajstić information content (AvgIpc) is 3.32. The van der Waals surface area contributed by atoms with Gasteiger partial charge in [-0.1, -0.05) is 23.7 Å². The lowest BCUT2D eigenvalue weighted by Crippen LogP contribution is -2.39. The molecule has 0 unspecified atom stereocenters. The molecule has 2 fully saturated rings. The minimum Gasteiger partial charge on any atom is -0.379 e. The summed E-state index contributed by atoms with van der Waals surface area (Å²) in [7, 11) is 0. The first-order chi connectivity index (χ1) is 17.5. The van der Waals surface area contributed by atoms with Gasteiger partial charge in [0.1, 0.15) is 0 Å². The van der Waals surface area contributed by atoms with E-state index in [0.29, 0.717) is 0 Å². The summed E-state index contributed by atoms with van der Waals surface area (Å²) in [4.78, 5) is 9.59. The number of nitrogens with zero attached hydrogens (tertiary/aromatic N) is 4. The Balaban J connectivity index is 1.52. The van der Waals surface area contributed by atoms with E-state index >= 15 is 0 Å². The molecule has 6 nitrogen and oxygen atoms in total. The molecule has 190 valence electrons. The van der Waals surface area contributed by atoms with Gasteiger partial charge in [0, 0.05) is 60.0 Å². The van der Waals surface area contributed by atoms with Crippen molar-refractivity contribution in [3.05, 3.63) is 81.9 Å². The number of aromatic nitrogens is 2. The number of rotatable bonds is 7. The van der Waals surface area contributed by atoms with Gasteiger partial charge in [0.15, 0.2) is 5.11 Å². The molecule has 5 rings (SSSR count). The fraction of sp³-hybridized carbons (Fsp3) is 0.429. The Bertz CT molecular complexity index is 1220. The smallest absolute Gasteiger partial charge is 0.170 e. The first-order valence-electron chi connectivity index (χ1n) is 12.7. The molecule has 0 spiro atoms. The molecule has 2 aromatic heterocycles. The van der Waals surface area contributed by atoms with Crippen LogP contribution in [0.5, 0.6) is 0 Å². The number of hydrogen-bond acceptors (Lipinski definition) is 4. The van der Waals surface area contributed by atoms with Gasteiger partial charge in [-0.2, -0.15) is 0 Å². The SMILES string of the molecule is Cc1c([C@H]2[C@@H](c3ccccn3)NC(=S)N2CCCN2CCOCC2)c(C)n(-c2cccc(Cl)c2)c1C. The second kappa shape index (κ2) is 10.9. The van der Waals surface area contributed by atoms with Gasteiger partial charge in [0.25, 0.3) is 0 Å². The highest BCUT2D eigenvalue weighted by molar-refractivity contribution is 7.80. The molecule has 4 heterocycles. The molecule has 3 aromatic rings. The Kier molecular flexibility index (Phi) is 7.62. The molecule has 1 aromatic carbocycles. The van der Waals surface area contributed by atoms with Crippen molar-refractivity contribution in [3.63, 3.8) is 0 Å². The van der Waals surface area contributed by atoms with Crippen molar-refractivity contribution in [2.45, 2.75) is 39.3 Å². The number of halogens is 1. The van der Waals surface area contributed by atoms with Crippen LogP contribution in [0.15, 0.2) is 48.7 Å². The predicted octanol–water partition coefficient (Wildman–Crippen LogP) is 5.15. The highest BCUT2D eigenvalue weighted by atomic mass is 35.5. The molecule has 0 radical (unpaired) electrons. The van der Waals surface area contributed by atoms with Gasteiger partial charge >= 0.3 is 0 Å². The van der Waals surface area contributed by atoms with Gasteiger partial charge in [-0.05, 0) is 75.3 Å². The quantitative estimate of drug-likeness (QED) is 0.432. The van der Waals surface area contributed by atoms with Crippen LogP contribution >= 0.6 is 23.8 Å². The summed E-state index contributed by atoms with van der Waals surface area (Å²) in [5, 5.41) is 5.15. The van der Waals surface area contributed by atoms with Crippen LogP contribution in [-0.2, 0) is 4.74 Å². The van der Waals surface area contributed by atoms with Crippen LogP contribution in [-0.4, -0.2) is 63.9 Å². The standard InChI is InChI=1S/C28H34ClN5OS/c1-19-20(2)34(23-9-6-8-22(29)18-23)21(3)25(19)27-26(24-10-4-5-11-30-24)31-28(36)33(27)13-7-12-32-14-16-35-17-15-32/h4-6,8-11,18,26-27H,7,12-17H2,1-3H3,(H,31,36)/t26-,27+/m1/s1. The van der Waals surface area contributed by atoms with Gasteiger partial charge in [-0.15, -0.1) is 0 Å². The Morgan fingerprint density at radius 3 is 2.58 bits per heavy atom. The highest BCUT2D eigenvalue weighted by Gasteiger charge is 2.42. The minimum absolute atomic E-state index is 0.0194. The van der Waals surface area contributed by atoms with Gasteiger partial charge < -0.3 is 19.5 Å². The highest BCUT2D eigenvalue weighted by Crippen LogP contribution is 2.43. The lowest BCUT2D eigenvalue weighted by molar-refractivity contribution is 0.0365. The first-order valence-corrected chi connectivity index (χ1v) is 13.5. The molecule has 2 aliphatic heterocycles. The number of ether oxygens (including phenoxy) is 1. The molecule has 8 heteroatoms. The third kappa shape index (κ3) is 4.90. The summed E-state index contributed by atoms with van der Waals surface area (Å²) >= 11 is 12.3. The molecule has 2 aliphatic rings. The van der Waals surface area contributed by atoms with E-state index in [1.165, 1.54) is 22.5 Å². The van der Waals surface area contributed by atoms with E-state index < -0.39 is 0 Å². The van der Waals surface area contributed by atoms with Crippen molar-refractivity contribution < 1.29 is 4.74 Å². The molecule has 0 saturated carbocycles. The second-order valence-corrected chi connectivity index (χ2v) is 10.5. The predicted molar refractivity (Wildman–Crippen MR) is 149 cm³/mol. The molecule has 2 saturated heterocycles. The topological polar surface area (TPSA) is 45.6 Å². The van der Waals surface area contributed by atoms with Crippen LogP contribution in [0.3, 0.4) is 0 Å². The van der Waals surface area contributed by atoms with Crippen molar-refractivity contribution in [2.24, 2.45) is 0 Å². The number of nitrogens with one attached hydrogen (secondary N) is 1. The molecule has 1 N–H and O–H groups in total.